The van der Waals surface area contributed by atoms with Gasteiger partial charge < -0.3 is 9.64 Å². The normalized spacial score (nSPS) is 12.3. The first-order valence-electron chi connectivity index (χ1n) is 8.10. The van der Waals surface area contributed by atoms with Crippen LogP contribution in [0.5, 0.6) is 0 Å². The molecule has 0 aliphatic heterocycles. The number of carbonyl (C=O) groups excluding carboxylic acids is 1. The van der Waals surface area contributed by atoms with Gasteiger partial charge in [-0.2, -0.15) is 0 Å². The molecule has 23 heavy (non-hydrogen) atoms. The van der Waals surface area contributed by atoms with E-state index < -0.39 is 0 Å². The lowest BCUT2D eigenvalue weighted by atomic mass is 10.0. The maximum Gasteiger partial charge on any atom is 0.329 e. The van der Waals surface area contributed by atoms with Gasteiger partial charge in [0.15, 0.2) is 0 Å². The van der Waals surface area contributed by atoms with Crippen LogP contribution in [-0.2, 0) is 9.53 Å². The Hall–Kier alpha value is -2.29. The summed E-state index contributed by atoms with van der Waals surface area (Å²) in [5.74, 6) is -0.0793. The highest BCUT2D eigenvalue weighted by Crippen LogP contribution is 2.31. The van der Waals surface area contributed by atoms with Gasteiger partial charge in [0.05, 0.1) is 6.10 Å². The van der Waals surface area contributed by atoms with Crippen molar-refractivity contribution in [3.63, 3.8) is 0 Å². The molecule has 1 atom stereocenters. The first kappa shape index (κ1) is 17.1. The second kappa shape index (κ2) is 7.82. The Bertz CT molecular complexity index is 569. The van der Waals surface area contributed by atoms with Crippen molar-refractivity contribution in [1.29, 1.82) is 0 Å². The molecule has 2 aromatic rings. The Morgan fingerprint density at radius 3 is 1.61 bits per heavy atom. The summed E-state index contributed by atoms with van der Waals surface area (Å²) in [6.07, 6.45) is -0.128. The molecule has 0 fully saturated rings. The van der Waals surface area contributed by atoms with Gasteiger partial charge in [-0.15, -0.1) is 0 Å². The molecule has 0 saturated carbocycles. The third-order valence-corrected chi connectivity index (χ3v) is 3.57. The standard InChI is InChI=1S/C20H25NO2/c1-15(2)19(20(22)23-16(3)4)21(17-11-7-5-8-12-17)18-13-9-6-10-14-18/h5-16,19H,1-4H3. The van der Waals surface area contributed by atoms with Crippen molar-refractivity contribution in [2.45, 2.75) is 39.8 Å². The van der Waals surface area contributed by atoms with Gasteiger partial charge in [-0.1, -0.05) is 50.2 Å². The van der Waals surface area contributed by atoms with Crippen molar-refractivity contribution < 1.29 is 9.53 Å². The molecule has 0 N–H and O–H groups in total. The van der Waals surface area contributed by atoms with Crippen LogP contribution in [0.25, 0.3) is 0 Å². The van der Waals surface area contributed by atoms with Crippen LogP contribution in [0.15, 0.2) is 60.7 Å². The number of rotatable bonds is 6. The minimum atomic E-state index is -0.373. The van der Waals surface area contributed by atoms with Crippen LogP contribution in [0.4, 0.5) is 11.4 Å². The molecule has 3 heteroatoms. The van der Waals surface area contributed by atoms with Gasteiger partial charge >= 0.3 is 5.97 Å². The van der Waals surface area contributed by atoms with Gasteiger partial charge in [0.25, 0.3) is 0 Å². The molecule has 0 radical (unpaired) electrons. The third kappa shape index (κ3) is 4.35. The van der Waals surface area contributed by atoms with E-state index in [1.807, 2.05) is 88.4 Å². The summed E-state index contributed by atoms with van der Waals surface area (Å²) < 4.78 is 5.52. The lowest BCUT2D eigenvalue weighted by molar-refractivity contribution is -0.149. The number of hydrogen-bond acceptors (Lipinski definition) is 3. The molecular formula is C20H25NO2. The molecule has 0 aliphatic carbocycles. The summed E-state index contributed by atoms with van der Waals surface area (Å²) in [4.78, 5) is 14.8. The summed E-state index contributed by atoms with van der Waals surface area (Å²) in [5, 5.41) is 0. The van der Waals surface area contributed by atoms with Crippen molar-refractivity contribution in [1.82, 2.24) is 0 Å². The lowest BCUT2D eigenvalue weighted by Crippen LogP contribution is -2.44. The van der Waals surface area contributed by atoms with Crippen LogP contribution in [0, 0.1) is 5.92 Å². The van der Waals surface area contributed by atoms with Crippen LogP contribution >= 0.6 is 0 Å². The van der Waals surface area contributed by atoms with Gasteiger partial charge in [-0.05, 0) is 44.0 Å². The fourth-order valence-corrected chi connectivity index (χ4v) is 2.63. The molecule has 0 aliphatic rings. The minimum absolute atomic E-state index is 0.113. The number of anilines is 2. The van der Waals surface area contributed by atoms with Crippen molar-refractivity contribution in [3.05, 3.63) is 60.7 Å². The quantitative estimate of drug-likeness (QED) is 0.718. The highest BCUT2D eigenvalue weighted by atomic mass is 16.5. The van der Waals surface area contributed by atoms with E-state index in [2.05, 4.69) is 4.90 Å². The summed E-state index contributed by atoms with van der Waals surface area (Å²) >= 11 is 0. The molecule has 3 nitrogen and oxygen atoms in total. The first-order chi connectivity index (χ1) is 11.0. The van der Waals surface area contributed by atoms with E-state index in [1.54, 1.807) is 0 Å². The molecule has 122 valence electrons. The van der Waals surface area contributed by atoms with E-state index in [0.29, 0.717) is 0 Å². The Balaban J connectivity index is 2.48. The smallest absolute Gasteiger partial charge is 0.329 e. The topological polar surface area (TPSA) is 29.5 Å². The number of hydrogen-bond donors (Lipinski definition) is 0. The molecule has 0 aromatic heterocycles. The van der Waals surface area contributed by atoms with Gasteiger partial charge in [-0.25, -0.2) is 4.79 Å². The SMILES string of the molecule is CC(C)OC(=O)C(C(C)C)N(c1ccccc1)c1ccccc1. The molecule has 2 aromatic carbocycles. The van der Waals surface area contributed by atoms with Crippen molar-refractivity contribution in [2.24, 2.45) is 5.92 Å². The molecule has 0 heterocycles. The molecule has 1 unspecified atom stereocenters. The number of benzene rings is 2. The van der Waals surface area contributed by atoms with Crippen LogP contribution in [0.1, 0.15) is 27.7 Å². The Kier molecular flexibility index (Phi) is 5.80. The van der Waals surface area contributed by atoms with E-state index in [1.165, 1.54) is 0 Å². The number of ether oxygens (including phenoxy) is 1. The monoisotopic (exact) mass is 311 g/mol. The van der Waals surface area contributed by atoms with Crippen LogP contribution in [-0.4, -0.2) is 18.1 Å². The van der Waals surface area contributed by atoms with Crippen molar-refractivity contribution in [2.75, 3.05) is 4.90 Å². The summed E-state index contributed by atoms with van der Waals surface area (Å²) in [7, 11) is 0. The Morgan fingerprint density at radius 1 is 0.826 bits per heavy atom. The van der Waals surface area contributed by atoms with E-state index in [0.717, 1.165) is 11.4 Å². The molecule has 0 saturated heterocycles. The van der Waals surface area contributed by atoms with Crippen LogP contribution in [0.2, 0.25) is 0 Å². The highest BCUT2D eigenvalue weighted by molar-refractivity contribution is 5.84. The highest BCUT2D eigenvalue weighted by Gasteiger charge is 2.32. The van der Waals surface area contributed by atoms with Crippen LogP contribution < -0.4 is 4.90 Å². The minimum Gasteiger partial charge on any atom is -0.461 e. The molecule has 2 rings (SSSR count). The number of nitrogens with zero attached hydrogens (tertiary/aromatic N) is 1. The van der Waals surface area contributed by atoms with Gasteiger partial charge in [0, 0.05) is 11.4 Å². The zero-order valence-corrected chi connectivity index (χ0v) is 14.3. The molecular weight excluding hydrogens is 286 g/mol. The predicted octanol–water partition coefficient (Wildman–Crippen LogP) is 4.80. The maximum absolute atomic E-state index is 12.7. The zero-order valence-electron chi connectivity index (χ0n) is 14.3. The molecule has 0 spiro atoms. The fourth-order valence-electron chi connectivity index (χ4n) is 2.63. The molecule has 0 bridgehead atoms. The fraction of sp³-hybridized carbons (Fsp3) is 0.350. The van der Waals surface area contributed by atoms with Crippen molar-refractivity contribution in [3.8, 4) is 0 Å². The zero-order chi connectivity index (χ0) is 16.8. The second-order valence-electron chi connectivity index (χ2n) is 6.22. The summed E-state index contributed by atoms with van der Waals surface area (Å²) in [6.45, 7) is 7.85. The van der Waals surface area contributed by atoms with E-state index in [4.69, 9.17) is 4.74 Å². The van der Waals surface area contributed by atoms with E-state index in [9.17, 15) is 4.79 Å². The average Bonchev–Trinajstić information content (AvgIpc) is 2.53. The predicted molar refractivity (Wildman–Crippen MR) is 94.9 cm³/mol. The third-order valence-electron chi connectivity index (χ3n) is 3.57. The average molecular weight is 311 g/mol. The Morgan fingerprint density at radius 2 is 1.26 bits per heavy atom. The van der Waals surface area contributed by atoms with Gasteiger partial charge in [0.2, 0.25) is 0 Å². The van der Waals surface area contributed by atoms with Crippen LogP contribution in [0.3, 0.4) is 0 Å². The lowest BCUT2D eigenvalue weighted by Gasteiger charge is -2.35. The van der Waals surface area contributed by atoms with Gasteiger partial charge in [0.1, 0.15) is 6.04 Å². The van der Waals surface area contributed by atoms with Crippen molar-refractivity contribution >= 4 is 17.3 Å². The van der Waals surface area contributed by atoms with E-state index in [-0.39, 0.29) is 24.0 Å². The van der Waals surface area contributed by atoms with Gasteiger partial charge in [-0.3, -0.25) is 0 Å². The summed E-state index contributed by atoms with van der Waals surface area (Å²) in [6, 6.07) is 19.6. The number of carbonyl (C=O) groups is 1. The summed E-state index contributed by atoms with van der Waals surface area (Å²) in [5.41, 5.74) is 1.97. The van der Waals surface area contributed by atoms with E-state index >= 15 is 0 Å². The maximum atomic E-state index is 12.7. The second-order valence-corrected chi connectivity index (χ2v) is 6.22. The number of para-hydroxylation sites is 2. The Labute approximate surface area is 138 Å². The molecule has 0 amide bonds. The number of esters is 1. The largest absolute Gasteiger partial charge is 0.461 e. The first-order valence-corrected chi connectivity index (χ1v) is 8.10.